The Balaban J connectivity index is 1.75. The zero-order valence-electron chi connectivity index (χ0n) is 26.5. The van der Waals surface area contributed by atoms with Gasteiger partial charge in [0.25, 0.3) is 0 Å². The normalized spacial score (nSPS) is 17.8. The molecule has 1 N–H and O–H groups in total. The molecule has 42 heavy (non-hydrogen) atoms. The van der Waals surface area contributed by atoms with Crippen LogP contribution in [0.5, 0.6) is 0 Å². The average molecular weight is 579 g/mol. The van der Waals surface area contributed by atoms with Gasteiger partial charge in [0, 0.05) is 30.8 Å². The fourth-order valence-corrected chi connectivity index (χ4v) is 4.90. The first-order valence-electron chi connectivity index (χ1n) is 14.8. The number of amides is 2. The fraction of sp³-hybridized carbons (Fsp3) is 0.562. The molecule has 1 aromatic carbocycles. The molecule has 0 unspecified atom stereocenters. The molecule has 3 aromatic rings. The van der Waals surface area contributed by atoms with E-state index in [-0.39, 0.29) is 30.5 Å². The summed E-state index contributed by atoms with van der Waals surface area (Å²) in [4.78, 5) is 34.9. The summed E-state index contributed by atoms with van der Waals surface area (Å²) in [7, 11) is 0. The Morgan fingerprint density at radius 2 is 1.74 bits per heavy atom. The third-order valence-corrected chi connectivity index (χ3v) is 7.12. The molecule has 1 aliphatic heterocycles. The Bertz CT molecular complexity index is 1390. The van der Waals surface area contributed by atoms with Gasteiger partial charge in [-0.3, -0.25) is 4.90 Å². The van der Waals surface area contributed by atoms with Gasteiger partial charge in [-0.25, -0.2) is 14.6 Å². The maximum atomic E-state index is 13.7. The third kappa shape index (κ3) is 7.72. The summed E-state index contributed by atoms with van der Waals surface area (Å²) < 4.78 is 13.2. The zero-order valence-corrected chi connectivity index (χ0v) is 26.5. The predicted octanol–water partition coefficient (Wildman–Crippen LogP) is 6.85. The number of aromatic nitrogens is 3. The number of hydrogen-bond donors (Lipinski definition) is 1. The van der Waals surface area contributed by atoms with Crippen molar-refractivity contribution in [3.8, 4) is 0 Å². The van der Waals surface area contributed by atoms with Gasteiger partial charge in [-0.15, -0.1) is 0 Å². The molecule has 0 aliphatic carbocycles. The van der Waals surface area contributed by atoms with Gasteiger partial charge in [0.2, 0.25) is 0 Å². The molecule has 2 atom stereocenters. The lowest BCUT2D eigenvalue weighted by molar-refractivity contribution is 0.0175. The van der Waals surface area contributed by atoms with Crippen LogP contribution in [0.3, 0.4) is 0 Å². The van der Waals surface area contributed by atoms with Gasteiger partial charge in [0.05, 0.1) is 12.7 Å². The number of ether oxygens (including phenoxy) is 2. The summed E-state index contributed by atoms with van der Waals surface area (Å²) in [6.07, 6.45) is 1.84. The molecule has 0 radical (unpaired) electrons. The van der Waals surface area contributed by atoms with Crippen molar-refractivity contribution in [1.82, 2.24) is 19.5 Å². The van der Waals surface area contributed by atoms with Crippen molar-refractivity contribution in [3.63, 3.8) is 0 Å². The number of carbonyl (C=O) groups excluding carboxylic acids is 2. The molecule has 3 heterocycles. The number of benzene rings is 1. The van der Waals surface area contributed by atoms with Gasteiger partial charge in [0.15, 0.2) is 5.65 Å². The lowest BCUT2D eigenvalue weighted by Crippen LogP contribution is -2.50. The highest BCUT2D eigenvalue weighted by atomic mass is 16.6. The largest absolute Gasteiger partial charge is 0.444 e. The molecule has 2 amide bonds. The van der Waals surface area contributed by atoms with Crippen molar-refractivity contribution in [2.75, 3.05) is 23.3 Å². The molecule has 0 spiro atoms. The van der Waals surface area contributed by atoms with E-state index in [9.17, 15) is 9.59 Å². The van der Waals surface area contributed by atoms with Crippen LogP contribution in [0.1, 0.15) is 85.8 Å². The van der Waals surface area contributed by atoms with E-state index in [1.54, 1.807) is 14.3 Å². The van der Waals surface area contributed by atoms with Crippen molar-refractivity contribution in [1.29, 1.82) is 0 Å². The minimum absolute atomic E-state index is 0.0661. The number of carbonyl (C=O) groups is 2. The summed E-state index contributed by atoms with van der Waals surface area (Å²) in [6.45, 7) is 18.9. The Morgan fingerprint density at radius 1 is 1.07 bits per heavy atom. The molecule has 0 bridgehead atoms. The van der Waals surface area contributed by atoms with Crippen molar-refractivity contribution in [3.05, 3.63) is 53.7 Å². The molecule has 0 saturated carbocycles. The van der Waals surface area contributed by atoms with Gasteiger partial charge < -0.3 is 19.7 Å². The van der Waals surface area contributed by atoms with Crippen LogP contribution in [0.4, 0.5) is 21.2 Å². The van der Waals surface area contributed by atoms with Crippen LogP contribution in [0.2, 0.25) is 0 Å². The Labute approximate surface area is 249 Å². The highest BCUT2D eigenvalue weighted by Crippen LogP contribution is 2.30. The number of fused-ring (bicyclic) bond motifs is 1. The quantitative estimate of drug-likeness (QED) is 0.341. The number of likely N-dealkylation sites (tertiary alicyclic amines) is 1. The second-order valence-electron chi connectivity index (χ2n) is 13.5. The first-order valence-corrected chi connectivity index (χ1v) is 14.8. The minimum atomic E-state index is -0.685. The summed E-state index contributed by atoms with van der Waals surface area (Å²) in [5.41, 5.74) is 1.33. The van der Waals surface area contributed by atoms with Crippen LogP contribution < -0.4 is 10.2 Å². The zero-order chi connectivity index (χ0) is 30.8. The van der Waals surface area contributed by atoms with Gasteiger partial charge in [-0.05, 0) is 65.4 Å². The van der Waals surface area contributed by atoms with E-state index in [1.807, 2.05) is 84.1 Å². The number of hydrogen-bond acceptors (Lipinski definition) is 7. The molecule has 1 fully saturated rings. The lowest BCUT2D eigenvalue weighted by Gasteiger charge is -2.38. The van der Waals surface area contributed by atoms with Crippen LogP contribution in [0.25, 0.3) is 5.65 Å². The van der Waals surface area contributed by atoms with E-state index in [2.05, 4.69) is 31.2 Å². The molecule has 2 aromatic heterocycles. The van der Waals surface area contributed by atoms with E-state index >= 15 is 0 Å². The van der Waals surface area contributed by atoms with Crippen molar-refractivity contribution >= 4 is 29.5 Å². The molecule has 10 nitrogen and oxygen atoms in total. The Morgan fingerprint density at radius 3 is 2.36 bits per heavy atom. The highest BCUT2D eigenvalue weighted by molar-refractivity contribution is 5.88. The first kappa shape index (κ1) is 31.1. The number of nitrogens with one attached hydrogen (secondary N) is 1. The Kier molecular flexibility index (Phi) is 9.03. The molecular formula is C32H46N6O4. The fourth-order valence-electron chi connectivity index (χ4n) is 4.90. The Hall–Kier alpha value is -3.82. The summed E-state index contributed by atoms with van der Waals surface area (Å²) in [5.74, 6) is 1.59. The van der Waals surface area contributed by atoms with Crippen molar-refractivity contribution < 1.29 is 19.1 Å². The maximum absolute atomic E-state index is 13.7. The molecule has 1 saturated heterocycles. The number of piperidine rings is 1. The second kappa shape index (κ2) is 12.2. The van der Waals surface area contributed by atoms with E-state index in [1.165, 1.54) is 0 Å². The summed E-state index contributed by atoms with van der Waals surface area (Å²) in [6, 6.07) is 11.6. The maximum Gasteiger partial charge on any atom is 0.416 e. The highest BCUT2D eigenvalue weighted by Gasteiger charge is 2.33. The van der Waals surface area contributed by atoms with Gasteiger partial charge >= 0.3 is 12.2 Å². The monoisotopic (exact) mass is 578 g/mol. The van der Waals surface area contributed by atoms with E-state index in [4.69, 9.17) is 14.5 Å². The van der Waals surface area contributed by atoms with E-state index < -0.39 is 17.3 Å². The smallest absolute Gasteiger partial charge is 0.416 e. The number of nitrogens with zero attached hydrogens (tertiary/aromatic N) is 5. The molecule has 4 rings (SSSR count). The SMILES string of the molecule is CC(C)c1cnn2c(N(Cc3ccccc3)C(=O)OC(C)(C)C)cc(N[C@@H]3CN(C(=O)OC(C)(C)C)CC[C@H]3C)nc12. The molecular weight excluding hydrogens is 532 g/mol. The minimum Gasteiger partial charge on any atom is -0.444 e. The number of rotatable bonds is 6. The van der Waals surface area contributed by atoms with Crippen LogP contribution in [0, 0.1) is 5.92 Å². The van der Waals surface area contributed by atoms with Gasteiger partial charge in [-0.2, -0.15) is 9.61 Å². The van der Waals surface area contributed by atoms with Crippen LogP contribution in [0.15, 0.2) is 42.6 Å². The van der Waals surface area contributed by atoms with Gasteiger partial charge in [-0.1, -0.05) is 51.1 Å². The van der Waals surface area contributed by atoms with Crippen LogP contribution >= 0.6 is 0 Å². The summed E-state index contributed by atoms with van der Waals surface area (Å²) in [5, 5.41) is 8.25. The van der Waals surface area contributed by atoms with Crippen LogP contribution in [-0.2, 0) is 16.0 Å². The van der Waals surface area contributed by atoms with Crippen molar-refractivity contribution in [2.45, 2.75) is 98.4 Å². The van der Waals surface area contributed by atoms with E-state index in [0.29, 0.717) is 30.4 Å². The molecule has 228 valence electrons. The second-order valence-corrected chi connectivity index (χ2v) is 13.5. The molecule has 1 aliphatic rings. The number of anilines is 2. The average Bonchev–Trinajstić information content (AvgIpc) is 3.31. The van der Waals surface area contributed by atoms with E-state index in [0.717, 1.165) is 17.5 Å². The predicted molar refractivity (Wildman–Crippen MR) is 165 cm³/mol. The van der Waals surface area contributed by atoms with Gasteiger partial charge in [0.1, 0.15) is 22.8 Å². The van der Waals surface area contributed by atoms with Crippen molar-refractivity contribution in [2.24, 2.45) is 5.92 Å². The standard InChI is InChI=1S/C32H46N6O4/c1-21(2)24-18-33-38-27(37(30(40)42-32(7,8)9)19-23-13-11-10-12-14-23)17-26(35-28(24)38)34-25-20-36(16-15-22(25)3)29(39)41-31(4,5)6/h10-14,17-18,21-22,25H,15-16,19-20H2,1-9H3,(H,34,35)/t22-,25-/m1/s1. The third-order valence-electron chi connectivity index (χ3n) is 7.12. The summed E-state index contributed by atoms with van der Waals surface area (Å²) >= 11 is 0. The topological polar surface area (TPSA) is 101 Å². The first-order chi connectivity index (χ1) is 19.6. The molecule has 10 heteroatoms. The lowest BCUT2D eigenvalue weighted by atomic mass is 9.93. The van der Waals surface area contributed by atoms with Crippen LogP contribution in [-0.4, -0.2) is 62.0 Å².